The van der Waals surface area contributed by atoms with E-state index in [1.54, 1.807) is 13.0 Å². The van der Waals surface area contributed by atoms with E-state index >= 15 is 0 Å². The predicted molar refractivity (Wildman–Crippen MR) is 69.0 cm³/mol. The Kier molecular flexibility index (Phi) is 4.46. The van der Waals surface area contributed by atoms with Crippen LogP contribution >= 0.6 is 0 Å². The zero-order valence-corrected chi connectivity index (χ0v) is 10.6. The number of likely N-dealkylation sites (N-methyl/N-ethyl adjacent to an activating group) is 1. The first-order valence-electron chi connectivity index (χ1n) is 5.45. The molecule has 7 heteroatoms. The number of hydrogen-bond acceptors (Lipinski definition) is 3. The molecule has 1 aromatic carbocycles. The van der Waals surface area contributed by atoms with Crippen LogP contribution in [0, 0.1) is 6.92 Å². The van der Waals surface area contributed by atoms with Gasteiger partial charge in [0.15, 0.2) is 0 Å². The summed E-state index contributed by atoms with van der Waals surface area (Å²) in [6.07, 6.45) is 0. The van der Waals surface area contributed by atoms with Crippen molar-refractivity contribution in [1.82, 2.24) is 4.90 Å². The Morgan fingerprint density at radius 3 is 2.53 bits per heavy atom. The molecule has 102 valence electrons. The van der Waals surface area contributed by atoms with Crippen LogP contribution < -0.4 is 11.1 Å². The van der Waals surface area contributed by atoms with Gasteiger partial charge in [-0.05, 0) is 24.6 Å². The van der Waals surface area contributed by atoms with Crippen LogP contribution in [0.5, 0.6) is 0 Å². The van der Waals surface area contributed by atoms with E-state index in [2.05, 4.69) is 5.32 Å². The smallest absolute Gasteiger partial charge is 0.335 e. The third-order valence-electron chi connectivity index (χ3n) is 2.47. The SMILES string of the molecule is Cc1ccc(C(=O)O)cc1NC(=O)N(C)CC(N)=O. The molecule has 0 fully saturated rings. The molecule has 0 aliphatic carbocycles. The highest BCUT2D eigenvalue weighted by atomic mass is 16.4. The van der Waals surface area contributed by atoms with E-state index in [0.29, 0.717) is 11.3 Å². The van der Waals surface area contributed by atoms with Crippen molar-refractivity contribution in [3.05, 3.63) is 29.3 Å². The van der Waals surface area contributed by atoms with Crippen LogP contribution in [0.15, 0.2) is 18.2 Å². The highest BCUT2D eigenvalue weighted by molar-refractivity contribution is 5.95. The third kappa shape index (κ3) is 3.98. The summed E-state index contributed by atoms with van der Waals surface area (Å²) in [6, 6.07) is 3.85. The maximum absolute atomic E-state index is 11.7. The molecule has 1 rings (SSSR count). The average Bonchev–Trinajstić information content (AvgIpc) is 2.30. The molecule has 0 aliphatic rings. The van der Waals surface area contributed by atoms with Gasteiger partial charge in [-0.25, -0.2) is 9.59 Å². The number of carbonyl (C=O) groups excluding carboxylic acids is 2. The number of benzene rings is 1. The van der Waals surface area contributed by atoms with E-state index < -0.39 is 17.9 Å². The van der Waals surface area contributed by atoms with Crippen LogP contribution in [-0.2, 0) is 4.79 Å². The minimum atomic E-state index is -1.08. The van der Waals surface area contributed by atoms with E-state index in [9.17, 15) is 14.4 Å². The van der Waals surface area contributed by atoms with Crippen molar-refractivity contribution in [3.63, 3.8) is 0 Å². The second kappa shape index (κ2) is 5.85. The Morgan fingerprint density at radius 2 is 2.00 bits per heavy atom. The van der Waals surface area contributed by atoms with Gasteiger partial charge in [0.1, 0.15) is 6.54 Å². The largest absolute Gasteiger partial charge is 0.478 e. The summed E-state index contributed by atoms with van der Waals surface area (Å²) in [6.45, 7) is 1.51. The molecular formula is C12H15N3O4. The number of urea groups is 1. The van der Waals surface area contributed by atoms with Crippen molar-refractivity contribution in [2.75, 3.05) is 18.9 Å². The fourth-order valence-electron chi connectivity index (χ4n) is 1.41. The summed E-state index contributed by atoms with van der Waals surface area (Å²) in [5.74, 6) is -1.71. The highest BCUT2D eigenvalue weighted by Crippen LogP contribution is 2.17. The Bertz CT molecular complexity index is 528. The summed E-state index contributed by atoms with van der Waals surface area (Å²) in [4.78, 5) is 34.4. The number of nitrogens with one attached hydrogen (secondary N) is 1. The van der Waals surface area contributed by atoms with Crippen LogP contribution in [0.4, 0.5) is 10.5 Å². The van der Waals surface area contributed by atoms with Gasteiger partial charge in [0.25, 0.3) is 0 Å². The van der Waals surface area contributed by atoms with Gasteiger partial charge in [0.2, 0.25) is 5.91 Å². The van der Waals surface area contributed by atoms with E-state index in [-0.39, 0.29) is 12.1 Å². The summed E-state index contributed by atoms with van der Waals surface area (Å²) >= 11 is 0. The van der Waals surface area contributed by atoms with Crippen LogP contribution in [0.25, 0.3) is 0 Å². The van der Waals surface area contributed by atoms with Crippen LogP contribution in [0.2, 0.25) is 0 Å². The number of carboxylic acid groups (broad SMARTS) is 1. The summed E-state index contributed by atoms with van der Waals surface area (Å²) < 4.78 is 0. The van der Waals surface area contributed by atoms with Gasteiger partial charge in [0, 0.05) is 12.7 Å². The Morgan fingerprint density at radius 1 is 1.37 bits per heavy atom. The Labute approximate surface area is 110 Å². The molecular weight excluding hydrogens is 250 g/mol. The van der Waals surface area contributed by atoms with Crippen molar-refractivity contribution in [1.29, 1.82) is 0 Å². The maximum atomic E-state index is 11.7. The molecule has 0 atom stereocenters. The first-order valence-corrected chi connectivity index (χ1v) is 5.45. The molecule has 1 aromatic rings. The van der Waals surface area contributed by atoms with Crippen molar-refractivity contribution in [2.24, 2.45) is 5.73 Å². The molecule has 0 spiro atoms. The van der Waals surface area contributed by atoms with E-state index in [1.807, 2.05) is 0 Å². The van der Waals surface area contributed by atoms with Gasteiger partial charge < -0.3 is 21.1 Å². The molecule has 0 saturated heterocycles. The van der Waals surface area contributed by atoms with Crippen molar-refractivity contribution < 1.29 is 19.5 Å². The van der Waals surface area contributed by atoms with Crippen molar-refractivity contribution in [3.8, 4) is 0 Å². The molecule has 0 aliphatic heterocycles. The molecule has 7 nitrogen and oxygen atoms in total. The quantitative estimate of drug-likeness (QED) is 0.741. The topological polar surface area (TPSA) is 113 Å². The molecule has 0 aromatic heterocycles. The number of nitrogens with zero attached hydrogens (tertiary/aromatic N) is 1. The normalized spacial score (nSPS) is 9.79. The minimum Gasteiger partial charge on any atom is -0.478 e. The molecule has 0 saturated carbocycles. The lowest BCUT2D eigenvalue weighted by molar-refractivity contribution is -0.118. The fraction of sp³-hybridized carbons (Fsp3) is 0.250. The number of amides is 3. The zero-order chi connectivity index (χ0) is 14.6. The molecule has 0 bridgehead atoms. The molecule has 4 N–H and O–H groups in total. The Hall–Kier alpha value is -2.57. The van der Waals surface area contributed by atoms with Gasteiger partial charge >= 0.3 is 12.0 Å². The second-order valence-electron chi connectivity index (χ2n) is 4.09. The highest BCUT2D eigenvalue weighted by Gasteiger charge is 2.13. The molecule has 19 heavy (non-hydrogen) atoms. The molecule has 0 unspecified atom stereocenters. The second-order valence-corrected chi connectivity index (χ2v) is 4.09. The molecule has 0 radical (unpaired) electrons. The number of aryl methyl sites for hydroxylation is 1. The van der Waals surface area contributed by atoms with Gasteiger partial charge in [-0.2, -0.15) is 0 Å². The monoisotopic (exact) mass is 265 g/mol. The van der Waals surface area contributed by atoms with Crippen LogP contribution in [-0.4, -0.2) is 41.5 Å². The predicted octanol–water partition coefficient (Wildman–Crippen LogP) is 0.642. The summed E-state index contributed by atoms with van der Waals surface area (Å²) in [7, 11) is 1.41. The number of aromatic carboxylic acids is 1. The number of primary amides is 1. The van der Waals surface area contributed by atoms with Crippen LogP contribution in [0.3, 0.4) is 0 Å². The van der Waals surface area contributed by atoms with Gasteiger partial charge in [-0.3, -0.25) is 4.79 Å². The number of carboxylic acids is 1. The number of anilines is 1. The standard InChI is InChI=1S/C12H15N3O4/c1-7-3-4-8(11(17)18)5-9(7)14-12(19)15(2)6-10(13)16/h3-5H,6H2,1-2H3,(H2,13,16)(H,14,19)(H,17,18). The van der Waals surface area contributed by atoms with Gasteiger partial charge in [-0.1, -0.05) is 6.07 Å². The van der Waals surface area contributed by atoms with Gasteiger partial charge in [-0.15, -0.1) is 0 Å². The maximum Gasteiger partial charge on any atom is 0.335 e. The number of nitrogens with two attached hydrogens (primary N) is 1. The van der Waals surface area contributed by atoms with E-state index in [0.717, 1.165) is 4.90 Å². The van der Waals surface area contributed by atoms with E-state index in [4.69, 9.17) is 10.8 Å². The first kappa shape index (κ1) is 14.5. The summed E-state index contributed by atoms with van der Waals surface area (Å²) in [5, 5.41) is 11.4. The minimum absolute atomic E-state index is 0.0680. The summed E-state index contributed by atoms with van der Waals surface area (Å²) in [5.41, 5.74) is 6.14. The number of carbonyl (C=O) groups is 3. The van der Waals surface area contributed by atoms with Gasteiger partial charge in [0.05, 0.1) is 5.56 Å². The lowest BCUT2D eigenvalue weighted by atomic mass is 10.1. The zero-order valence-electron chi connectivity index (χ0n) is 10.6. The van der Waals surface area contributed by atoms with E-state index in [1.165, 1.54) is 19.2 Å². The van der Waals surface area contributed by atoms with Crippen molar-refractivity contribution >= 4 is 23.6 Å². The van der Waals surface area contributed by atoms with Crippen molar-refractivity contribution in [2.45, 2.75) is 6.92 Å². The molecule has 3 amide bonds. The lowest BCUT2D eigenvalue weighted by Crippen LogP contribution is -2.38. The lowest BCUT2D eigenvalue weighted by Gasteiger charge is -2.17. The number of rotatable bonds is 4. The fourth-order valence-corrected chi connectivity index (χ4v) is 1.41. The first-order chi connectivity index (χ1) is 8.81. The Balaban J connectivity index is 2.86. The molecule has 0 heterocycles. The van der Waals surface area contributed by atoms with Crippen LogP contribution in [0.1, 0.15) is 15.9 Å². The third-order valence-corrected chi connectivity index (χ3v) is 2.47. The average molecular weight is 265 g/mol. The number of hydrogen-bond donors (Lipinski definition) is 3.